The van der Waals surface area contributed by atoms with E-state index < -0.39 is 24.8 Å². The van der Waals surface area contributed by atoms with E-state index in [9.17, 15) is 18.4 Å². The second-order valence-corrected chi connectivity index (χ2v) is 3.28. The number of halogens is 2. The van der Waals surface area contributed by atoms with Crippen molar-refractivity contribution in [2.75, 3.05) is 6.61 Å². The molecule has 0 aliphatic carbocycles. The van der Waals surface area contributed by atoms with Crippen molar-refractivity contribution in [1.29, 1.82) is 0 Å². The molecule has 0 radical (unpaired) electrons. The van der Waals surface area contributed by atoms with Crippen LogP contribution in [0.25, 0.3) is 0 Å². The van der Waals surface area contributed by atoms with E-state index in [1.165, 1.54) is 24.3 Å². The highest BCUT2D eigenvalue weighted by molar-refractivity contribution is 6.07. The number of ether oxygens (including phenoxy) is 2. The molecule has 0 spiro atoms. The Balaban J connectivity index is 2.81. The zero-order valence-electron chi connectivity index (χ0n) is 9.69. The van der Waals surface area contributed by atoms with Gasteiger partial charge in [-0.25, -0.2) is 0 Å². The monoisotopic (exact) mass is 258 g/mol. The van der Waals surface area contributed by atoms with E-state index in [0.717, 1.165) is 0 Å². The first-order valence-electron chi connectivity index (χ1n) is 5.27. The highest BCUT2D eigenvalue weighted by Gasteiger charge is 2.18. The molecule has 0 aromatic heterocycles. The van der Waals surface area contributed by atoms with Crippen LogP contribution in [0.1, 0.15) is 23.7 Å². The van der Waals surface area contributed by atoms with E-state index in [4.69, 9.17) is 0 Å². The molecule has 0 aliphatic heterocycles. The topological polar surface area (TPSA) is 52.6 Å². The molecule has 1 aromatic rings. The van der Waals surface area contributed by atoms with Crippen molar-refractivity contribution in [2.24, 2.45) is 0 Å². The Kier molecular flexibility index (Phi) is 5.23. The van der Waals surface area contributed by atoms with Crippen LogP contribution in [0.5, 0.6) is 5.75 Å². The molecule has 6 heteroatoms. The van der Waals surface area contributed by atoms with E-state index >= 15 is 0 Å². The van der Waals surface area contributed by atoms with Crippen molar-refractivity contribution < 1.29 is 27.8 Å². The van der Waals surface area contributed by atoms with Gasteiger partial charge in [-0.2, -0.15) is 8.78 Å². The summed E-state index contributed by atoms with van der Waals surface area (Å²) in [6.45, 7) is -1.26. The number of hydrogen-bond acceptors (Lipinski definition) is 4. The lowest BCUT2D eigenvalue weighted by Crippen LogP contribution is -2.13. The van der Waals surface area contributed by atoms with Crippen molar-refractivity contribution >= 4 is 11.8 Å². The molecule has 0 aliphatic rings. The second-order valence-electron chi connectivity index (χ2n) is 3.28. The van der Waals surface area contributed by atoms with Gasteiger partial charge in [-0.05, 0) is 19.1 Å². The van der Waals surface area contributed by atoms with Crippen molar-refractivity contribution in [3.05, 3.63) is 29.8 Å². The Morgan fingerprint density at radius 1 is 1.28 bits per heavy atom. The molecule has 4 nitrogen and oxygen atoms in total. The van der Waals surface area contributed by atoms with Crippen molar-refractivity contribution in [1.82, 2.24) is 0 Å². The van der Waals surface area contributed by atoms with E-state index in [2.05, 4.69) is 9.47 Å². The predicted octanol–water partition coefficient (Wildman–Crippen LogP) is 2.42. The van der Waals surface area contributed by atoms with Crippen LogP contribution in [-0.4, -0.2) is 25.0 Å². The second kappa shape index (κ2) is 6.68. The maximum atomic E-state index is 12.1. The number of carbonyl (C=O) groups is 2. The van der Waals surface area contributed by atoms with E-state index in [-0.39, 0.29) is 17.9 Å². The molecule has 0 bridgehead atoms. The minimum Gasteiger partial charge on any atom is -0.466 e. The summed E-state index contributed by atoms with van der Waals surface area (Å²) in [7, 11) is 0. The fourth-order valence-electron chi connectivity index (χ4n) is 1.33. The number of alkyl halides is 2. The smallest absolute Gasteiger partial charge is 0.387 e. The highest BCUT2D eigenvalue weighted by atomic mass is 19.3. The van der Waals surface area contributed by atoms with Gasteiger partial charge in [-0.15, -0.1) is 0 Å². The summed E-state index contributed by atoms with van der Waals surface area (Å²) < 4.78 is 33.1. The quantitative estimate of drug-likeness (QED) is 0.446. The third-order valence-corrected chi connectivity index (χ3v) is 2.01. The van der Waals surface area contributed by atoms with Gasteiger partial charge in [0.05, 0.1) is 12.2 Å². The zero-order valence-corrected chi connectivity index (χ0v) is 9.69. The molecule has 0 atom stereocenters. The molecular weight excluding hydrogens is 246 g/mol. The fourth-order valence-corrected chi connectivity index (χ4v) is 1.33. The van der Waals surface area contributed by atoms with Crippen LogP contribution in [0.15, 0.2) is 24.3 Å². The molecule has 0 saturated carbocycles. The summed E-state index contributed by atoms with van der Waals surface area (Å²) in [5.74, 6) is -1.57. The summed E-state index contributed by atoms with van der Waals surface area (Å²) in [6, 6.07) is 5.51. The molecule has 0 N–H and O–H groups in total. The van der Waals surface area contributed by atoms with Crippen molar-refractivity contribution in [3.63, 3.8) is 0 Å². The highest BCUT2D eigenvalue weighted by Crippen LogP contribution is 2.21. The fraction of sp³-hybridized carbons (Fsp3) is 0.333. The van der Waals surface area contributed by atoms with Crippen LogP contribution < -0.4 is 4.74 Å². The Bertz CT molecular complexity index is 432. The Morgan fingerprint density at radius 3 is 2.56 bits per heavy atom. The predicted molar refractivity (Wildman–Crippen MR) is 58.7 cm³/mol. The number of hydrogen-bond donors (Lipinski definition) is 0. The standard InChI is InChI=1S/C12H12F2O4/c1-2-17-11(16)7-9(15)8-5-3-4-6-10(8)18-12(13)14/h3-6,12H,2,7H2,1H3. The average molecular weight is 258 g/mol. The summed E-state index contributed by atoms with van der Waals surface area (Å²) in [5, 5.41) is 0. The molecule has 0 heterocycles. The van der Waals surface area contributed by atoms with Gasteiger partial charge in [0.2, 0.25) is 0 Å². The van der Waals surface area contributed by atoms with Crippen molar-refractivity contribution in [2.45, 2.75) is 20.0 Å². The van der Waals surface area contributed by atoms with Gasteiger partial charge >= 0.3 is 12.6 Å². The van der Waals surface area contributed by atoms with Crippen LogP contribution in [0.2, 0.25) is 0 Å². The van der Waals surface area contributed by atoms with Crippen LogP contribution >= 0.6 is 0 Å². The van der Waals surface area contributed by atoms with Crippen LogP contribution in [0.3, 0.4) is 0 Å². The number of ketones is 1. The largest absolute Gasteiger partial charge is 0.466 e. The van der Waals surface area contributed by atoms with Crippen LogP contribution in [-0.2, 0) is 9.53 Å². The van der Waals surface area contributed by atoms with Gasteiger partial charge in [0.15, 0.2) is 5.78 Å². The Morgan fingerprint density at radius 2 is 1.94 bits per heavy atom. The normalized spacial score (nSPS) is 10.2. The lowest BCUT2D eigenvalue weighted by atomic mass is 10.1. The van der Waals surface area contributed by atoms with Gasteiger partial charge in [-0.1, -0.05) is 12.1 Å². The number of Topliss-reactive ketones (excluding diaryl/α,β-unsaturated/α-hetero) is 1. The summed E-state index contributed by atoms with van der Waals surface area (Å²) in [4.78, 5) is 22.8. The summed E-state index contributed by atoms with van der Waals surface area (Å²) in [6.07, 6.45) is -0.503. The van der Waals surface area contributed by atoms with E-state index in [0.29, 0.717) is 0 Å². The van der Waals surface area contributed by atoms with Gasteiger partial charge < -0.3 is 9.47 Å². The van der Waals surface area contributed by atoms with E-state index in [1.54, 1.807) is 6.92 Å². The number of carbonyl (C=O) groups excluding carboxylic acids is 2. The maximum absolute atomic E-state index is 12.1. The van der Waals surface area contributed by atoms with E-state index in [1.807, 2.05) is 0 Å². The number of rotatable bonds is 6. The van der Waals surface area contributed by atoms with Gasteiger partial charge in [-0.3, -0.25) is 9.59 Å². The SMILES string of the molecule is CCOC(=O)CC(=O)c1ccccc1OC(F)F. The molecule has 1 rings (SSSR count). The minimum atomic E-state index is -3.03. The lowest BCUT2D eigenvalue weighted by Gasteiger charge is -2.09. The van der Waals surface area contributed by atoms with Gasteiger partial charge in [0, 0.05) is 0 Å². The van der Waals surface area contributed by atoms with Crippen LogP contribution in [0, 0.1) is 0 Å². The molecule has 0 amide bonds. The zero-order chi connectivity index (χ0) is 13.5. The molecule has 1 aromatic carbocycles. The summed E-state index contributed by atoms with van der Waals surface area (Å²) in [5.41, 5.74) is -0.0640. The average Bonchev–Trinajstić information content (AvgIpc) is 2.28. The minimum absolute atomic E-state index is 0.0640. The lowest BCUT2D eigenvalue weighted by molar-refractivity contribution is -0.141. The number of benzene rings is 1. The first kappa shape index (κ1) is 14.1. The Labute approximate surface area is 103 Å². The molecule has 0 unspecified atom stereocenters. The first-order chi connectivity index (χ1) is 8.54. The molecular formula is C12H12F2O4. The molecule has 0 fully saturated rings. The van der Waals surface area contributed by atoms with Gasteiger partial charge in [0.1, 0.15) is 12.2 Å². The Hall–Kier alpha value is -1.98. The van der Waals surface area contributed by atoms with Crippen LogP contribution in [0.4, 0.5) is 8.78 Å². The third-order valence-electron chi connectivity index (χ3n) is 2.01. The molecule has 0 saturated heterocycles. The first-order valence-corrected chi connectivity index (χ1v) is 5.27. The molecule has 18 heavy (non-hydrogen) atoms. The number of esters is 1. The summed E-state index contributed by atoms with van der Waals surface area (Å²) >= 11 is 0. The molecule has 98 valence electrons. The van der Waals surface area contributed by atoms with Crippen molar-refractivity contribution in [3.8, 4) is 5.75 Å². The third kappa shape index (κ3) is 4.12. The number of para-hydroxylation sites is 1. The van der Waals surface area contributed by atoms with Gasteiger partial charge in [0.25, 0.3) is 0 Å². The maximum Gasteiger partial charge on any atom is 0.387 e.